The Morgan fingerprint density at radius 3 is 2.54 bits per heavy atom. The predicted molar refractivity (Wildman–Crippen MR) is 56.9 cm³/mol. The molecule has 0 spiro atoms. The maximum absolute atomic E-state index is 11.5. The third-order valence-corrected chi connectivity index (χ3v) is 2.92. The zero-order valence-corrected chi connectivity index (χ0v) is 10.0. The lowest BCUT2D eigenvalue weighted by molar-refractivity contribution is -0.129. The van der Waals surface area contributed by atoms with Gasteiger partial charge in [0.15, 0.2) is 0 Å². The number of amides is 1. The number of aliphatic hydroxyl groups is 1. The third kappa shape index (κ3) is 5.26. The van der Waals surface area contributed by atoms with Crippen LogP contribution in [0.25, 0.3) is 0 Å². The van der Waals surface area contributed by atoms with E-state index < -0.39 is 0 Å². The van der Waals surface area contributed by atoms with Crippen LogP contribution in [0.3, 0.4) is 0 Å². The highest BCUT2D eigenvalue weighted by Crippen LogP contribution is 2.08. The second-order valence-corrected chi connectivity index (χ2v) is 4.38. The Morgan fingerprint density at radius 1 is 1.62 bits per heavy atom. The Morgan fingerprint density at radius 2 is 2.15 bits per heavy atom. The molecule has 0 saturated heterocycles. The Balaban J connectivity index is 3.82. The van der Waals surface area contributed by atoms with E-state index in [0.29, 0.717) is 13.0 Å². The highest BCUT2D eigenvalue weighted by atomic mass is 79.9. The van der Waals surface area contributed by atoms with Crippen molar-refractivity contribution in [2.75, 3.05) is 13.6 Å². The van der Waals surface area contributed by atoms with Crippen LogP contribution < -0.4 is 0 Å². The zero-order valence-electron chi connectivity index (χ0n) is 8.46. The number of rotatable bonds is 5. The van der Waals surface area contributed by atoms with Crippen molar-refractivity contribution in [3.05, 3.63) is 0 Å². The van der Waals surface area contributed by atoms with Crippen molar-refractivity contribution >= 4 is 21.8 Å². The molecule has 0 aromatic carbocycles. The largest absolute Gasteiger partial charge is 0.393 e. The number of carbonyl (C=O) groups is 1. The minimum absolute atomic E-state index is 0.0863. The van der Waals surface area contributed by atoms with Crippen molar-refractivity contribution in [3.8, 4) is 0 Å². The van der Waals surface area contributed by atoms with Gasteiger partial charge in [-0.1, -0.05) is 22.9 Å². The summed E-state index contributed by atoms with van der Waals surface area (Å²) in [5.41, 5.74) is 0. The molecule has 0 rings (SSSR count). The molecular weight excluding hydrogens is 234 g/mol. The Hall–Kier alpha value is -0.0900. The van der Waals surface area contributed by atoms with E-state index >= 15 is 0 Å². The van der Waals surface area contributed by atoms with Crippen LogP contribution in [0.15, 0.2) is 0 Å². The summed E-state index contributed by atoms with van der Waals surface area (Å²) < 4.78 is 0. The van der Waals surface area contributed by atoms with Crippen LogP contribution in [-0.4, -0.2) is 40.4 Å². The molecule has 4 heteroatoms. The molecule has 13 heavy (non-hydrogen) atoms. The standard InChI is InChI=1S/C9H18BrNO2/c1-4-8(10)9(13)11(3)6-5-7(2)12/h7-8,12H,4-6H2,1-3H3. The van der Waals surface area contributed by atoms with E-state index in [4.69, 9.17) is 5.11 Å². The van der Waals surface area contributed by atoms with Crippen LogP contribution in [-0.2, 0) is 4.79 Å². The van der Waals surface area contributed by atoms with Gasteiger partial charge in [-0.3, -0.25) is 4.79 Å². The van der Waals surface area contributed by atoms with E-state index in [-0.39, 0.29) is 16.8 Å². The van der Waals surface area contributed by atoms with E-state index in [9.17, 15) is 4.79 Å². The van der Waals surface area contributed by atoms with Crippen LogP contribution in [0.1, 0.15) is 26.7 Å². The van der Waals surface area contributed by atoms with Crippen molar-refractivity contribution in [2.45, 2.75) is 37.6 Å². The summed E-state index contributed by atoms with van der Waals surface area (Å²) in [5, 5.41) is 9.03. The summed E-state index contributed by atoms with van der Waals surface area (Å²) in [6, 6.07) is 0. The maximum Gasteiger partial charge on any atom is 0.236 e. The van der Waals surface area contributed by atoms with Gasteiger partial charge in [-0.05, 0) is 19.8 Å². The van der Waals surface area contributed by atoms with Crippen LogP contribution in [0.5, 0.6) is 0 Å². The fraction of sp³-hybridized carbons (Fsp3) is 0.889. The third-order valence-electron chi connectivity index (χ3n) is 1.88. The monoisotopic (exact) mass is 251 g/mol. The number of carbonyl (C=O) groups excluding carboxylic acids is 1. The van der Waals surface area contributed by atoms with E-state index in [0.717, 1.165) is 6.42 Å². The van der Waals surface area contributed by atoms with Crippen molar-refractivity contribution in [3.63, 3.8) is 0 Å². The van der Waals surface area contributed by atoms with Gasteiger partial charge in [0.05, 0.1) is 10.9 Å². The maximum atomic E-state index is 11.5. The first-order valence-electron chi connectivity index (χ1n) is 4.56. The molecular formula is C9H18BrNO2. The van der Waals surface area contributed by atoms with Gasteiger partial charge in [0, 0.05) is 13.6 Å². The second kappa shape index (κ2) is 6.38. The van der Waals surface area contributed by atoms with Gasteiger partial charge in [-0.15, -0.1) is 0 Å². The molecule has 0 fully saturated rings. The average Bonchev–Trinajstić information content (AvgIpc) is 2.11. The molecule has 1 N–H and O–H groups in total. The van der Waals surface area contributed by atoms with Crippen molar-refractivity contribution in [1.29, 1.82) is 0 Å². The highest BCUT2D eigenvalue weighted by molar-refractivity contribution is 9.10. The first kappa shape index (κ1) is 12.9. The molecule has 0 bridgehead atoms. The van der Waals surface area contributed by atoms with Gasteiger partial charge in [-0.25, -0.2) is 0 Å². The molecule has 0 aromatic rings. The molecule has 2 atom stereocenters. The quantitative estimate of drug-likeness (QED) is 0.751. The second-order valence-electron chi connectivity index (χ2n) is 3.27. The SMILES string of the molecule is CCC(Br)C(=O)N(C)CCC(C)O. The molecule has 3 nitrogen and oxygen atoms in total. The number of nitrogens with zero attached hydrogens (tertiary/aromatic N) is 1. The minimum atomic E-state index is -0.342. The van der Waals surface area contributed by atoms with Gasteiger partial charge in [0.25, 0.3) is 0 Å². The summed E-state index contributed by atoms with van der Waals surface area (Å²) in [4.78, 5) is 13.0. The molecule has 0 saturated carbocycles. The van der Waals surface area contributed by atoms with E-state index in [1.54, 1.807) is 18.9 Å². The van der Waals surface area contributed by atoms with E-state index in [1.165, 1.54) is 0 Å². The topological polar surface area (TPSA) is 40.5 Å². The minimum Gasteiger partial charge on any atom is -0.393 e. The van der Waals surface area contributed by atoms with Gasteiger partial charge < -0.3 is 10.0 Å². The summed E-state index contributed by atoms with van der Waals surface area (Å²) >= 11 is 3.30. The number of alkyl halides is 1. The number of hydrogen-bond acceptors (Lipinski definition) is 2. The molecule has 0 heterocycles. The molecule has 0 radical (unpaired) electrons. The number of hydrogen-bond donors (Lipinski definition) is 1. The van der Waals surface area contributed by atoms with Gasteiger partial charge in [0.1, 0.15) is 0 Å². The molecule has 78 valence electrons. The highest BCUT2D eigenvalue weighted by Gasteiger charge is 2.16. The first-order valence-corrected chi connectivity index (χ1v) is 5.47. The lowest BCUT2D eigenvalue weighted by atomic mass is 10.2. The summed E-state index contributed by atoms with van der Waals surface area (Å²) in [6.07, 6.45) is 1.08. The zero-order chi connectivity index (χ0) is 10.4. The fourth-order valence-corrected chi connectivity index (χ4v) is 1.25. The van der Waals surface area contributed by atoms with Crippen molar-refractivity contribution in [2.24, 2.45) is 0 Å². The van der Waals surface area contributed by atoms with Gasteiger partial charge in [-0.2, -0.15) is 0 Å². The lowest BCUT2D eigenvalue weighted by Gasteiger charge is -2.20. The first-order chi connectivity index (χ1) is 5.99. The number of aliphatic hydroxyl groups excluding tert-OH is 1. The molecule has 0 aliphatic heterocycles. The summed E-state index contributed by atoms with van der Waals surface area (Å²) in [5.74, 6) is 0.0863. The van der Waals surface area contributed by atoms with Crippen LogP contribution >= 0.6 is 15.9 Å². The van der Waals surface area contributed by atoms with Crippen molar-refractivity contribution in [1.82, 2.24) is 4.90 Å². The number of halogens is 1. The Labute approximate surface area is 88.2 Å². The summed E-state index contributed by atoms with van der Waals surface area (Å²) in [7, 11) is 1.76. The molecule has 0 aliphatic carbocycles. The van der Waals surface area contributed by atoms with Crippen LogP contribution in [0, 0.1) is 0 Å². The van der Waals surface area contributed by atoms with Gasteiger partial charge >= 0.3 is 0 Å². The lowest BCUT2D eigenvalue weighted by Crippen LogP contribution is -2.34. The van der Waals surface area contributed by atoms with E-state index in [2.05, 4.69) is 15.9 Å². The smallest absolute Gasteiger partial charge is 0.236 e. The average molecular weight is 252 g/mol. The molecule has 0 aliphatic rings. The molecule has 1 amide bonds. The summed E-state index contributed by atoms with van der Waals surface area (Å²) in [6.45, 7) is 4.29. The van der Waals surface area contributed by atoms with Crippen LogP contribution in [0.4, 0.5) is 0 Å². The molecule has 2 unspecified atom stereocenters. The van der Waals surface area contributed by atoms with E-state index in [1.807, 2.05) is 6.92 Å². The van der Waals surface area contributed by atoms with Crippen molar-refractivity contribution < 1.29 is 9.90 Å². The Bertz CT molecular complexity index is 162. The molecule has 0 aromatic heterocycles. The predicted octanol–water partition coefficient (Wildman–Crippen LogP) is 1.39. The van der Waals surface area contributed by atoms with Gasteiger partial charge in [0.2, 0.25) is 5.91 Å². The Kier molecular flexibility index (Phi) is 6.33. The normalized spacial score (nSPS) is 15.2. The van der Waals surface area contributed by atoms with Crippen LogP contribution in [0.2, 0.25) is 0 Å². The fourth-order valence-electron chi connectivity index (χ4n) is 0.904.